The number of carbonyl (C=O) groups excluding carboxylic acids is 2. The van der Waals surface area contributed by atoms with E-state index in [9.17, 15) is 9.59 Å². The third kappa shape index (κ3) is 7.30. The number of esters is 2. The van der Waals surface area contributed by atoms with E-state index < -0.39 is 17.9 Å². The molecule has 0 saturated carbocycles. The van der Waals surface area contributed by atoms with E-state index in [1.807, 2.05) is 13.8 Å². The van der Waals surface area contributed by atoms with Crippen molar-refractivity contribution in [3.63, 3.8) is 0 Å². The Morgan fingerprint density at radius 1 is 0.833 bits per heavy atom. The second kappa shape index (κ2) is 11.1. The van der Waals surface area contributed by atoms with E-state index in [1.54, 1.807) is 0 Å². The van der Waals surface area contributed by atoms with Crippen molar-refractivity contribution in [3.05, 3.63) is 0 Å². The number of rotatable bonds is 10. The first-order chi connectivity index (χ1) is 8.67. The monoisotopic (exact) mass is 258 g/mol. The van der Waals surface area contributed by atoms with Gasteiger partial charge in [-0.05, 0) is 19.3 Å². The van der Waals surface area contributed by atoms with Crippen LogP contribution in [-0.2, 0) is 19.1 Å². The Labute approximate surface area is 110 Å². The zero-order valence-electron chi connectivity index (χ0n) is 11.9. The molecular formula is C14H26O4. The summed E-state index contributed by atoms with van der Waals surface area (Å²) in [5.74, 6) is -1.61. The number of ether oxygens (including phenoxy) is 2. The molecule has 0 aromatic carbocycles. The first kappa shape index (κ1) is 16.9. The quantitative estimate of drug-likeness (QED) is 0.343. The summed E-state index contributed by atoms with van der Waals surface area (Å²) in [6.07, 6.45) is 4.97. The molecule has 0 bridgehead atoms. The van der Waals surface area contributed by atoms with Crippen molar-refractivity contribution in [1.29, 1.82) is 0 Å². The molecule has 0 unspecified atom stereocenters. The van der Waals surface area contributed by atoms with Gasteiger partial charge in [0.05, 0.1) is 13.2 Å². The Morgan fingerprint density at radius 3 is 1.72 bits per heavy atom. The van der Waals surface area contributed by atoms with Crippen molar-refractivity contribution in [2.45, 2.75) is 59.3 Å². The lowest BCUT2D eigenvalue weighted by Crippen LogP contribution is -2.28. The summed E-state index contributed by atoms with van der Waals surface area (Å²) in [5.41, 5.74) is 0. The molecule has 0 heterocycles. The molecule has 106 valence electrons. The maximum atomic E-state index is 11.8. The van der Waals surface area contributed by atoms with Crippen molar-refractivity contribution in [3.8, 4) is 0 Å². The number of hydrogen-bond acceptors (Lipinski definition) is 4. The third-order valence-electron chi connectivity index (χ3n) is 2.56. The van der Waals surface area contributed by atoms with Gasteiger partial charge in [0.1, 0.15) is 0 Å². The average molecular weight is 258 g/mol. The van der Waals surface area contributed by atoms with Gasteiger partial charge in [-0.3, -0.25) is 9.59 Å². The van der Waals surface area contributed by atoms with Crippen LogP contribution in [0.4, 0.5) is 0 Å². The minimum atomic E-state index is -0.741. The Bertz CT molecular complexity index is 218. The highest BCUT2D eigenvalue weighted by molar-refractivity contribution is 5.94. The van der Waals surface area contributed by atoms with Crippen LogP contribution < -0.4 is 0 Å². The van der Waals surface area contributed by atoms with E-state index in [4.69, 9.17) is 9.47 Å². The van der Waals surface area contributed by atoms with E-state index in [0.717, 1.165) is 32.1 Å². The summed E-state index contributed by atoms with van der Waals surface area (Å²) in [7, 11) is 0. The van der Waals surface area contributed by atoms with Crippen LogP contribution in [0.1, 0.15) is 59.3 Å². The molecule has 0 aromatic heterocycles. The van der Waals surface area contributed by atoms with Gasteiger partial charge in [0.25, 0.3) is 0 Å². The fraction of sp³-hybridized carbons (Fsp3) is 0.857. The van der Waals surface area contributed by atoms with Gasteiger partial charge in [-0.15, -0.1) is 0 Å². The minimum Gasteiger partial charge on any atom is -0.465 e. The lowest BCUT2D eigenvalue weighted by molar-refractivity contribution is -0.162. The highest BCUT2D eigenvalue weighted by atomic mass is 16.6. The van der Waals surface area contributed by atoms with Gasteiger partial charge in [0, 0.05) is 0 Å². The van der Waals surface area contributed by atoms with Crippen LogP contribution in [0.15, 0.2) is 0 Å². The fourth-order valence-electron chi connectivity index (χ4n) is 1.54. The van der Waals surface area contributed by atoms with Crippen LogP contribution >= 0.6 is 0 Å². The minimum absolute atomic E-state index is 0.365. The van der Waals surface area contributed by atoms with E-state index in [-0.39, 0.29) is 0 Å². The fourth-order valence-corrected chi connectivity index (χ4v) is 1.54. The van der Waals surface area contributed by atoms with E-state index in [0.29, 0.717) is 19.6 Å². The predicted molar refractivity (Wildman–Crippen MR) is 70.1 cm³/mol. The third-order valence-corrected chi connectivity index (χ3v) is 2.56. The average Bonchev–Trinajstić information content (AvgIpc) is 2.38. The molecule has 0 radical (unpaired) electrons. The highest BCUT2D eigenvalue weighted by Crippen LogP contribution is 2.14. The molecule has 0 spiro atoms. The van der Waals surface area contributed by atoms with Crippen molar-refractivity contribution in [1.82, 2.24) is 0 Å². The van der Waals surface area contributed by atoms with Crippen molar-refractivity contribution >= 4 is 11.9 Å². The summed E-state index contributed by atoms with van der Waals surface area (Å²) in [4.78, 5) is 23.6. The van der Waals surface area contributed by atoms with E-state index >= 15 is 0 Å². The zero-order chi connectivity index (χ0) is 13.8. The summed E-state index contributed by atoms with van der Waals surface area (Å²) in [6, 6.07) is 0. The SMILES string of the molecule is CCCCCC(C(=O)OCCC)C(=O)OCCC. The summed E-state index contributed by atoms with van der Waals surface area (Å²) < 4.78 is 10.1. The largest absolute Gasteiger partial charge is 0.465 e. The first-order valence-electron chi connectivity index (χ1n) is 7.00. The van der Waals surface area contributed by atoms with Crippen LogP contribution in [0.2, 0.25) is 0 Å². The smallest absolute Gasteiger partial charge is 0.320 e. The molecule has 4 nitrogen and oxygen atoms in total. The van der Waals surface area contributed by atoms with E-state index in [1.165, 1.54) is 0 Å². The predicted octanol–water partition coefficient (Wildman–Crippen LogP) is 3.09. The zero-order valence-corrected chi connectivity index (χ0v) is 11.9. The van der Waals surface area contributed by atoms with Crippen LogP contribution in [-0.4, -0.2) is 25.2 Å². The number of carbonyl (C=O) groups is 2. The standard InChI is InChI=1S/C14H26O4/c1-4-7-8-9-12(13(15)17-10-5-2)14(16)18-11-6-3/h12H,4-11H2,1-3H3. The Hall–Kier alpha value is -1.06. The van der Waals surface area contributed by atoms with Gasteiger partial charge in [0.2, 0.25) is 0 Å². The topological polar surface area (TPSA) is 52.6 Å². The molecule has 0 aliphatic heterocycles. The normalized spacial score (nSPS) is 10.4. The number of unbranched alkanes of at least 4 members (excludes halogenated alkanes) is 2. The lowest BCUT2D eigenvalue weighted by Gasteiger charge is -2.14. The molecule has 0 atom stereocenters. The van der Waals surface area contributed by atoms with Crippen LogP contribution in [0.3, 0.4) is 0 Å². The molecule has 4 heteroatoms. The van der Waals surface area contributed by atoms with Crippen LogP contribution in [0.25, 0.3) is 0 Å². The highest BCUT2D eigenvalue weighted by Gasteiger charge is 2.28. The lowest BCUT2D eigenvalue weighted by atomic mass is 10.0. The molecule has 0 fully saturated rings. The Morgan fingerprint density at radius 2 is 1.33 bits per heavy atom. The molecule has 0 saturated heterocycles. The molecule has 18 heavy (non-hydrogen) atoms. The van der Waals surface area contributed by atoms with E-state index in [2.05, 4.69) is 6.92 Å². The summed E-state index contributed by atoms with van der Waals surface area (Å²) in [6.45, 7) is 6.66. The Kier molecular flexibility index (Phi) is 10.4. The second-order valence-corrected chi connectivity index (χ2v) is 4.38. The van der Waals surface area contributed by atoms with Gasteiger partial charge in [-0.1, -0.05) is 40.0 Å². The number of hydrogen-bond donors (Lipinski definition) is 0. The molecule has 0 rings (SSSR count). The molecule has 0 aliphatic carbocycles. The van der Waals surface area contributed by atoms with Gasteiger partial charge >= 0.3 is 11.9 Å². The summed E-state index contributed by atoms with van der Waals surface area (Å²) >= 11 is 0. The summed E-state index contributed by atoms with van der Waals surface area (Å²) in [5, 5.41) is 0. The van der Waals surface area contributed by atoms with Gasteiger partial charge in [-0.2, -0.15) is 0 Å². The molecule has 0 N–H and O–H groups in total. The maximum absolute atomic E-state index is 11.8. The second-order valence-electron chi connectivity index (χ2n) is 4.38. The van der Waals surface area contributed by atoms with Gasteiger partial charge in [0.15, 0.2) is 5.92 Å². The molecule has 0 aromatic rings. The Balaban J connectivity index is 4.30. The van der Waals surface area contributed by atoms with Crippen LogP contribution in [0, 0.1) is 5.92 Å². The molecule has 0 amide bonds. The van der Waals surface area contributed by atoms with Gasteiger partial charge < -0.3 is 9.47 Å². The maximum Gasteiger partial charge on any atom is 0.320 e. The van der Waals surface area contributed by atoms with Crippen molar-refractivity contribution < 1.29 is 19.1 Å². The van der Waals surface area contributed by atoms with Crippen molar-refractivity contribution in [2.75, 3.05) is 13.2 Å². The molecule has 0 aliphatic rings. The first-order valence-corrected chi connectivity index (χ1v) is 7.00. The van der Waals surface area contributed by atoms with Crippen LogP contribution in [0.5, 0.6) is 0 Å². The van der Waals surface area contributed by atoms with Crippen molar-refractivity contribution in [2.24, 2.45) is 5.92 Å². The van der Waals surface area contributed by atoms with Gasteiger partial charge in [-0.25, -0.2) is 0 Å². The molecular weight excluding hydrogens is 232 g/mol.